The van der Waals surface area contributed by atoms with Gasteiger partial charge in [-0.1, -0.05) is 6.92 Å². The molecular formula is C10H16ClNO4S. The zero-order valence-electron chi connectivity index (χ0n) is 9.90. The van der Waals surface area contributed by atoms with Gasteiger partial charge in [-0.25, -0.2) is 4.31 Å². The lowest BCUT2D eigenvalue weighted by molar-refractivity contribution is -0.169. The van der Waals surface area contributed by atoms with Crippen LogP contribution in [0.2, 0.25) is 0 Å². The Kier molecular flexibility index (Phi) is 2.95. The van der Waals surface area contributed by atoms with Gasteiger partial charge in [0, 0.05) is 23.7 Å². The van der Waals surface area contributed by atoms with Crippen molar-refractivity contribution in [1.82, 2.24) is 4.31 Å². The van der Waals surface area contributed by atoms with E-state index in [1.807, 2.05) is 13.8 Å². The van der Waals surface area contributed by atoms with Crippen molar-refractivity contribution in [3.05, 3.63) is 0 Å². The fraction of sp³-hybridized carbons (Fsp3) is 0.900. The summed E-state index contributed by atoms with van der Waals surface area (Å²) in [5.74, 6) is -0.416. The Bertz CT molecular complexity index is 451. The lowest BCUT2D eigenvalue weighted by Crippen LogP contribution is -2.68. The Hall–Kier alpha value is -0.330. The second kappa shape index (κ2) is 3.83. The highest BCUT2D eigenvalue weighted by Crippen LogP contribution is 2.48. The smallest absolute Gasteiger partial charge is 0.324 e. The highest BCUT2D eigenvalue weighted by Gasteiger charge is 2.60. The van der Waals surface area contributed by atoms with Gasteiger partial charge in [0.05, 0.1) is 17.6 Å². The number of hydrogen-bond donors (Lipinski definition) is 0. The minimum Gasteiger partial charge on any atom is -0.375 e. The summed E-state index contributed by atoms with van der Waals surface area (Å²) in [5, 5.41) is 0. The average molecular weight is 282 g/mol. The quantitative estimate of drug-likeness (QED) is 0.567. The maximum atomic E-state index is 11.5. The van der Waals surface area contributed by atoms with Crippen molar-refractivity contribution < 1.29 is 17.9 Å². The predicted octanol–water partition coefficient (Wildman–Crippen LogP) is 1.42. The van der Waals surface area contributed by atoms with Crippen molar-refractivity contribution in [1.29, 1.82) is 0 Å². The minimum absolute atomic E-state index is 0.248. The highest BCUT2D eigenvalue weighted by molar-refractivity contribution is 8.12. The maximum Gasteiger partial charge on any atom is 0.324 e. The van der Waals surface area contributed by atoms with Crippen molar-refractivity contribution in [3.63, 3.8) is 0 Å². The van der Waals surface area contributed by atoms with Crippen LogP contribution in [0, 0.1) is 0 Å². The van der Waals surface area contributed by atoms with Gasteiger partial charge in [0.2, 0.25) is 5.91 Å². The number of nitrogens with zero attached hydrogens (tertiary/aromatic N) is 1. The number of carbonyl (C=O) groups excluding carboxylic acids is 1. The van der Waals surface area contributed by atoms with Gasteiger partial charge in [-0.05, 0) is 19.8 Å². The van der Waals surface area contributed by atoms with Gasteiger partial charge in [-0.3, -0.25) is 4.79 Å². The molecule has 2 fully saturated rings. The van der Waals surface area contributed by atoms with Gasteiger partial charge in [0.15, 0.2) is 0 Å². The van der Waals surface area contributed by atoms with Gasteiger partial charge in [0.1, 0.15) is 0 Å². The number of ether oxygens (including phenoxy) is 1. The molecule has 1 amide bonds. The van der Waals surface area contributed by atoms with Gasteiger partial charge >= 0.3 is 9.24 Å². The number of β-lactam (4-membered cyclic amide) rings is 1. The van der Waals surface area contributed by atoms with Crippen LogP contribution in [-0.2, 0) is 18.8 Å². The zero-order chi connectivity index (χ0) is 12.9. The summed E-state index contributed by atoms with van der Waals surface area (Å²) in [7, 11) is 1.34. The number of rotatable bonds is 2. The fourth-order valence-electron chi connectivity index (χ4n) is 2.83. The molecule has 0 N–H and O–H groups in total. The third kappa shape index (κ3) is 2.06. The van der Waals surface area contributed by atoms with Crippen LogP contribution in [-0.4, -0.2) is 36.4 Å². The molecule has 7 heteroatoms. The Morgan fingerprint density at radius 1 is 1.53 bits per heavy atom. The van der Waals surface area contributed by atoms with E-state index < -0.39 is 20.7 Å². The molecule has 2 unspecified atom stereocenters. The van der Waals surface area contributed by atoms with Crippen molar-refractivity contribution >= 4 is 25.8 Å². The Balaban J connectivity index is 2.29. The van der Waals surface area contributed by atoms with Crippen molar-refractivity contribution in [2.45, 2.75) is 50.7 Å². The second-order valence-corrected chi connectivity index (χ2v) is 7.44. The molecule has 2 aliphatic rings. The maximum absolute atomic E-state index is 11.5. The van der Waals surface area contributed by atoms with Crippen LogP contribution >= 0.6 is 10.7 Å². The molecule has 2 saturated heterocycles. The molecule has 0 saturated carbocycles. The summed E-state index contributed by atoms with van der Waals surface area (Å²) in [5.41, 5.74) is -1.03. The molecule has 2 aliphatic heterocycles. The monoisotopic (exact) mass is 281 g/mol. The van der Waals surface area contributed by atoms with E-state index in [0.29, 0.717) is 19.4 Å². The van der Waals surface area contributed by atoms with Crippen molar-refractivity contribution in [3.8, 4) is 0 Å². The first kappa shape index (κ1) is 13.1. The third-order valence-electron chi connectivity index (χ3n) is 3.82. The van der Waals surface area contributed by atoms with Crippen LogP contribution < -0.4 is 0 Å². The molecule has 5 nitrogen and oxygen atoms in total. The molecule has 0 aromatic heterocycles. The first-order chi connectivity index (χ1) is 7.72. The largest absolute Gasteiger partial charge is 0.375 e. The van der Waals surface area contributed by atoms with Crippen LogP contribution in [0.5, 0.6) is 0 Å². The summed E-state index contributed by atoms with van der Waals surface area (Å²) >= 11 is 0. The normalized spacial score (nSPS) is 38.3. The van der Waals surface area contributed by atoms with Gasteiger partial charge in [0.25, 0.3) is 0 Å². The molecule has 0 radical (unpaired) electrons. The van der Waals surface area contributed by atoms with E-state index in [4.69, 9.17) is 15.4 Å². The summed E-state index contributed by atoms with van der Waals surface area (Å²) in [6.07, 6.45) is 2.07. The minimum atomic E-state index is -3.98. The summed E-state index contributed by atoms with van der Waals surface area (Å²) in [4.78, 5) is 11.5. The van der Waals surface area contributed by atoms with Gasteiger partial charge < -0.3 is 4.74 Å². The topological polar surface area (TPSA) is 63.7 Å². The Labute approximate surface area is 106 Å². The van der Waals surface area contributed by atoms with Crippen LogP contribution in [0.3, 0.4) is 0 Å². The molecule has 0 aromatic carbocycles. The van der Waals surface area contributed by atoms with Crippen LogP contribution in [0.25, 0.3) is 0 Å². The predicted molar refractivity (Wildman–Crippen MR) is 62.8 cm³/mol. The Morgan fingerprint density at radius 3 is 2.65 bits per heavy atom. The summed E-state index contributed by atoms with van der Waals surface area (Å²) < 4.78 is 29.4. The van der Waals surface area contributed by atoms with Gasteiger partial charge in [-0.2, -0.15) is 8.42 Å². The van der Waals surface area contributed by atoms with E-state index in [-0.39, 0.29) is 12.0 Å². The van der Waals surface area contributed by atoms with E-state index in [1.165, 1.54) is 0 Å². The van der Waals surface area contributed by atoms with E-state index in [0.717, 1.165) is 10.7 Å². The first-order valence-corrected chi connectivity index (χ1v) is 7.91. The number of carbonyl (C=O) groups is 1. The molecule has 2 heterocycles. The Morgan fingerprint density at radius 2 is 2.18 bits per heavy atom. The first-order valence-electron chi connectivity index (χ1n) is 5.64. The number of hydrogen-bond acceptors (Lipinski definition) is 4. The summed E-state index contributed by atoms with van der Waals surface area (Å²) in [6.45, 7) is 4.38. The van der Waals surface area contributed by atoms with Crippen molar-refractivity contribution in [2.75, 3.05) is 6.61 Å². The summed E-state index contributed by atoms with van der Waals surface area (Å²) in [6, 6.07) is 0. The average Bonchev–Trinajstić information content (AvgIpc) is 2.14. The zero-order valence-corrected chi connectivity index (χ0v) is 11.5. The fourth-order valence-corrected chi connectivity index (χ4v) is 4.49. The SMILES string of the molecule is CCC1(C)CC2(CCO1)CC(=O)N2S(=O)(=O)Cl. The molecule has 17 heavy (non-hydrogen) atoms. The standard InChI is InChI=1S/C10H16ClNO4S/c1-3-9(2)7-10(4-5-16-9)6-8(13)12(10)17(11,14)15/h3-7H2,1-2H3. The lowest BCUT2D eigenvalue weighted by Gasteiger charge is -2.55. The van der Waals surface area contributed by atoms with Crippen LogP contribution in [0.15, 0.2) is 0 Å². The molecule has 98 valence electrons. The van der Waals surface area contributed by atoms with Crippen LogP contribution in [0.1, 0.15) is 39.5 Å². The molecule has 2 atom stereocenters. The van der Waals surface area contributed by atoms with E-state index in [1.54, 1.807) is 0 Å². The highest BCUT2D eigenvalue weighted by atomic mass is 35.7. The molecule has 0 bridgehead atoms. The molecular weight excluding hydrogens is 266 g/mol. The second-order valence-electron chi connectivity index (χ2n) is 5.08. The number of halogens is 1. The van der Waals surface area contributed by atoms with E-state index in [9.17, 15) is 13.2 Å². The third-order valence-corrected chi connectivity index (χ3v) is 5.27. The molecule has 0 aliphatic carbocycles. The lowest BCUT2D eigenvalue weighted by atomic mass is 9.73. The van der Waals surface area contributed by atoms with Crippen molar-refractivity contribution in [2.24, 2.45) is 0 Å². The molecule has 2 rings (SSSR count). The van der Waals surface area contributed by atoms with E-state index in [2.05, 4.69) is 0 Å². The van der Waals surface area contributed by atoms with E-state index >= 15 is 0 Å². The molecule has 0 aromatic rings. The number of amides is 1. The molecule has 1 spiro atoms. The van der Waals surface area contributed by atoms with Crippen LogP contribution in [0.4, 0.5) is 0 Å². The van der Waals surface area contributed by atoms with Gasteiger partial charge in [-0.15, -0.1) is 0 Å².